The molecular weight excluding hydrogens is 282 g/mol. The van der Waals surface area contributed by atoms with Crippen molar-refractivity contribution < 1.29 is 18.3 Å². The van der Waals surface area contributed by atoms with Gasteiger partial charge >= 0.3 is 5.97 Å². The SMILES string of the molecule is Cc1n[nH]c(C)c1S(=O)(=O)NC1CCCC(C(=O)O)C1. The number of sulfonamides is 1. The molecule has 1 aromatic rings. The van der Waals surface area contributed by atoms with Crippen LogP contribution in [0.4, 0.5) is 0 Å². The zero-order chi connectivity index (χ0) is 14.9. The molecule has 0 aliphatic heterocycles. The molecule has 1 saturated carbocycles. The fourth-order valence-electron chi connectivity index (χ4n) is 2.74. The molecule has 1 aliphatic rings. The molecule has 20 heavy (non-hydrogen) atoms. The maximum absolute atomic E-state index is 12.4. The van der Waals surface area contributed by atoms with Crippen LogP contribution in [0, 0.1) is 19.8 Å². The van der Waals surface area contributed by atoms with E-state index >= 15 is 0 Å². The highest BCUT2D eigenvalue weighted by Gasteiger charge is 2.31. The molecule has 2 rings (SSSR count). The Balaban J connectivity index is 2.15. The molecule has 0 spiro atoms. The Morgan fingerprint density at radius 3 is 2.65 bits per heavy atom. The molecule has 0 amide bonds. The number of aliphatic carboxylic acids is 1. The van der Waals surface area contributed by atoms with Gasteiger partial charge in [0, 0.05) is 6.04 Å². The summed E-state index contributed by atoms with van der Waals surface area (Å²) in [5, 5.41) is 15.6. The molecule has 1 aromatic heterocycles. The van der Waals surface area contributed by atoms with E-state index in [9.17, 15) is 13.2 Å². The summed E-state index contributed by atoms with van der Waals surface area (Å²) in [6.07, 6.45) is 2.33. The average Bonchev–Trinajstić information content (AvgIpc) is 2.69. The summed E-state index contributed by atoms with van der Waals surface area (Å²) in [4.78, 5) is 11.2. The third kappa shape index (κ3) is 3.01. The van der Waals surface area contributed by atoms with Gasteiger partial charge in [0.1, 0.15) is 4.90 Å². The molecule has 0 bridgehead atoms. The zero-order valence-electron chi connectivity index (χ0n) is 11.5. The van der Waals surface area contributed by atoms with Gasteiger partial charge in [0.25, 0.3) is 0 Å². The molecule has 1 fully saturated rings. The van der Waals surface area contributed by atoms with Crippen LogP contribution in [0.25, 0.3) is 0 Å². The van der Waals surface area contributed by atoms with E-state index in [1.54, 1.807) is 13.8 Å². The number of rotatable bonds is 4. The van der Waals surface area contributed by atoms with Crippen LogP contribution in [0.2, 0.25) is 0 Å². The van der Waals surface area contributed by atoms with E-state index in [4.69, 9.17) is 5.11 Å². The summed E-state index contributed by atoms with van der Waals surface area (Å²) in [6, 6.07) is -0.330. The van der Waals surface area contributed by atoms with Gasteiger partial charge in [-0.05, 0) is 33.1 Å². The minimum Gasteiger partial charge on any atom is -0.481 e. The van der Waals surface area contributed by atoms with E-state index in [-0.39, 0.29) is 10.9 Å². The van der Waals surface area contributed by atoms with Crippen molar-refractivity contribution in [3.8, 4) is 0 Å². The fraction of sp³-hybridized carbons (Fsp3) is 0.667. The molecular formula is C12H19N3O4S. The summed E-state index contributed by atoms with van der Waals surface area (Å²) in [7, 11) is -3.66. The minimum absolute atomic E-state index is 0.162. The third-order valence-corrected chi connectivity index (χ3v) is 5.46. The van der Waals surface area contributed by atoms with Crippen LogP contribution in [-0.2, 0) is 14.8 Å². The van der Waals surface area contributed by atoms with Gasteiger partial charge in [-0.3, -0.25) is 9.89 Å². The van der Waals surface area contributed by atoms with Crippen molar-refractivity contribution >= 4 is 16.0 Å². The largest absolute Gasteiger partial charge is 0.481 e. The molecule has 0 aromatic carbocycles. The van der Waals surface area contributed by atoms with Crippen molar-refractivity contribution in [2.24, 2.45) is 5.92 Å². The van der Waals surface area contributed by atoms with Crippen LogP contribution in [0.15, 0.2) is 4.90 Å². The van der Waals surface area contributed by atoms with E-state index in [2.05, 4.69) is 14.9 Å². The van der Waals surface area contributed by atoms with Crippen LogP contribution in [0.5, 0.6) is 0 Å². The van der Waals surface area contributed by atoms with Crippen molar-refractivity contribution in [2.45, 2.75) is 50.5 Å². The van der Waals surface area contributed by atoms with Gasteiger partial charge in [0.15, 0.2) is 0 Å². The quantitative estimate of drug-likeness (QED) is 0.766. The number of nitrogens with zero attached hydrogens (tertiary/aromatic N) is 1. The molecule has 1 aliphatic carbocycles. The van der Waals surface area contributed by atoms with E-state index < -0.39 is 21.9 Å². The maximum Gasteiger partial charge on any atom is 0.306 e. The Kier molecular flexibility index (Phi) is 4.14. The second kappa shape index (κ2) is 5.53. The lowest BCUT2D eigenvalue weighted by molar-refractivity contribution is -0.143. The van der Waals surface area contributed by atoms with Crippen molar-refractivity contribution in [1.82, 2.24) is 14.9 Å². The lowest BCUT2D eigenvalue weighted by Gasteiger charge is -2.27. The highest BCUT2D eigenvalue weighted by Crippen LogP contribution is 2.26. The number of carbonyl (C=O) groups is 1. The lowest BCUT2D eigenvalue weighted by Crippen LogP contribution is -2.40. The number of aromatic nitrogens is 2. The zero-order valence-corrected chi connectivity index (χ0v) is 12.3. The Labute approximate surface area is 117 Å². The molecule has 7 nitrogen and oxygen atoms in total. The monoisotopic (exact) mass is 301 g/mol. The van der Waals surface area contributed by atoms with Gasteiger partial charge < -0.3 is 5.11 Å². The first-order chi connectivity index (χ1) is 9.31. The smallest absolute Gasteiger partial charge is 0.306 e. The predicted octanol–water partition coefficient (Wildman–Crippen LogP) is 0.948. The van der Waals surface area contributed by atoms with Crippen LogP contribution >= 0.6 is 0 Å². The van der Waals surface area contributed by atoms with Crippen LogP contribution in [-0.4, -0.2) is 35.7 Å². The topological polar surface area (TPSA) is 112 Å². The third-order valence-electron chi connectivity index (χ3n) is 3.67. The maximum atomic E-state index is 12.4. The molecule has 112 valence electrons. The van der Waals surface area contributed by atoms with Gasteiger partial charge in [0.05, 0.1) is 17.3 Å². The minimum atomic E-state index is -3.66. The summed E-state index contributed by atoms with van der Waals surface area (Å²) in [6.45, 7) is 3.27. The highest BCUT2D eigenvalue weighted by atomic mass is 32.2. The van der Waals surface area contributed by atoms with Gasteiger partial charge in [-0.2, -0.15) is 5.10 Å². The predicted molar refractivity (Wildman–Crippen MR) is 71.8 cm³/mol. The molecule has 8 heteroatoms. The van der Waals surface area contributed by atoms with Crippen molar-refractivity contribution in [3.63, 3.8) is 0 Å². The van der Waals surface area contributed by atoms with Crippen molar-refractivity contribution in [1.29, 1.82) is 0 Å². The highest BCUT2D eigenvalue weighted by molar-refractivity contribution is 7.89. The second-order valence-electron chi connectivity index (χ2n) is 5.28. The van der Waals surface area contributed by atoms with Crippen LogP contribution < -0.4 is 4.72 Å². The summed E-state index contributed by atoms with van der Waals surface area (Å²) < 4.78 is 27.3. The molecule has 2 unspecified atom stereocenters. The van der Waals surface area contributed by atoms with Gasteiger partial charge in [-0.1, -0.05) is 6.42 Å². The van der Waals surface area contributed by atoms with E-state index in [0.29, 0.717) is 37.1 Å². The number of aromatic amines is 1. The number of hydrogen-bond acceptors (Lipinski definition) is 4. The van der Waals surface area contributed by atoms with Gasteiger partial charge in [0.2, 0.25) is 10.0 Å². The summed E-state index contributed by atoms with van der Waals surface area (Å²) in [5.41, 5.74) is 0.904. The first kappa shape index (κ1) is 15.0. The number of carboxylic acid groups (broad SMARTS) is 1. The Hall–Kier alpha value is -1.41. The van der Waals surface area contributed by atoms with Crippen molar-refractivity contribution in [2.75, 3.05) is 0 Å². The number of hydrogen-bond donors (Lipinski definition) is 3. The van der Waals surface area contributed by atoms with E-state index in [1.807, 2.05) is 0 Å². The van der Waals surface area contributed by atoms with Crippen LogP contribution in [0.1, 0.15) is 37.1 Å². The van der Waals surface area contributed by atoms with Gasteiger partial charge in [-0.15, -0.1) is 0 Å². The average molecular weight is 301 g/mol. The number of aryl methyl sites for hydroxylation is 2. The molecule has 2 atom stereocenters. The Morgan fingerprint density at radius 2 is 2.10 bits per heavy atom. The van der Waals surface area contributed by atoms with E-state index in [1.165, 1.54) is 0 Å². The second-order valence-corrected chi connectivity index (χ2v) is 6.93. The Bertz CT molecular complexity index is 589. The first-order valence-corrected chi connectivity index (χ1v) is 8.06. The van der Waals surface area contributed by atoms with Crippen molar-refractivity contribution in [3.05, 3.63) is 11.4 Å². The normalized spacial score (nSPS) is 23.7. The van der Waals surface area contributed by atoms with E-state index in [0.717, 1.165) is 0 Å². The Morgan fingerprint density at radius 1 is 1.40 bits per heavy atom. The lowest BCUT2D eigenvalue weighted by atomic mass is 9.86. The summed E-state index contributed by atoms with van der Waals surface area (Å²) >= 11 is 0. The first-order valence-electron chi connectivity index (χ1n) is 6.58. The molecule has 0 saturated heterocycles. The summed E-state index contributed by atoms with van der Waals surface area (Å²) in [5.74, 6) is -1.33. The molecule has 1 heterocycles. The number of nitrogens with one attached hydrogen (secondary N) is 2. The fourth-order valence-corrected chi connectivity index (χ4v) is 4.39. The van der Waals surface area contributed by atoms with Crippen LogP contribution in [0.3, 0.4) is 0 Å². The number of carboxylic acids is 1. The molecule has 0 radical (unpaired) electrons. The standard InChI is InChI=1S/C12H19N3O4S/c1-7-11(8(2)14-13-7)20(18,19)15-10-5-3-4-9(6-10)12(16)17/h9-10,15H,3-6H2,1-2H3,(H,13,14)(H,16,17). The number of H-pyrrole nitrogens is 1. The molecule has 3 N–H and O–H groups in total. The van der Waals surface area contributed by atoms with Gasteiger partial charge in [-0.25, -0.2) is 13.1 Å².